The van der Waals surface area contributed by atoms with Crippen molar-refractivity contribution in [1.29, 1.82) is 0 Å². The summed E-state index contributed by atoms with van der Waals surface area (Å²) in [6, 6.07) is 5.71. The number of amides is 2. The maximum absolute atomic E-state index is 13.6. The number of carbonyl (C=O) groups is 2. The lowest BCUT2D eigenvalue weighted by Crippen LogP contribution is -2.30. The number of nitrogens with one attached hydrogen (secondary N) is 2. The van der Waals surface area contributed by atoms with E-state index in [9.17, 15) is 18.4 Å². The van der Waals surface area contributed by atoms with Crippen molar-refractivity contribution < 1.29 is 18.4 Å². The van der Waals surface area contributed by atoms with Crippen molar-refractivity contribution in [1.82, 2.24) is 24.8 Å². The summed E-state index contributed by atoms with van der Waals surface area (Å²) in [7, 11) is 0. The molecule has 2 saturated heterocycles. The topological polar surface area (TPSA) is 91.6 Å². The standard InChI is InChI=1S/C24H22F2N6O2S/c1-13-14(9-21(33)28-13)8-15-11-27-32-20(29-16-2-3-16)10-17(30-22(15)32)18-4-5-19(35-18)23(34)31-7-6-24(25,26)12-31/h4-5,8,10-11,16,29H,1-3,6-7,9,12H2,(H,28,33)/b14-8+. The van der Waals surface area contributed by atoms with E-state index in [1.54, 1.807) is 22.8 Å². The highest BCUT2D eigenvalue weighted by molar-refractivity contribution is 7.17. The Kier molecular flexibility index (Phi) is 4.99. The highest BCUT2D eigenvalue weighted by atomic mass is 32.1. The Hall–Kier alpha value is -3.60. The van der Waals surface area contributed by atoms with Crippen LogP contribution in [0.5, 0.6) is 0 Å². The maximum atomic E-state index is 13.6. The van der Waals surface area contributed by atoms with Crippen LogP contribution in [-0.2, 0) is 4.79 Å². The van der Waals surface area contributed by atoms with Crippen molar-refractivity contribution in [2.75, 3.05) is 18.4 Å². The number of likely N-dealkylation sites (tertiary alicyclic amines) is 1. The second-order valence-corrected chi connectivity index (χ2v) is 10.2. The molecule has 0 atom stereocenters. The average Bonchev–Trinajstić information content (AvgIpc) is 3.15. The molecule has 1 aliphatic carbocycles. The van der Waals surface area contributed by atoms with Crippen molar-refractivity contribution in [3.8, 4) is 10.6 Å². The summed E-state index contributed by atoms with van der Waals surface area (Å²) in [6.45, 7) is 3.40. The quantitative estimate of drug-likeness (QED) is 0.559. The van der Waals surface area contributed by atoms with Gasteiger partial charge in [0.2, 0.25) is 5.91 Å². The van der Waals surface area contributed by atoms with E-state index in [1.807, 2.05) is 12.1 Å². The normalized spacial score (nSPS) is 20.7. The minimum Gasteiger partial charge on any atom is -0.367 e. The molecule has 3 aromatic heterocycles. The van der Waals surface area contributed by atoms with Crippen LogP contribution < -0.4 is 10.6 Å². The van der Waals surface area contributed by atoms with Crippen molar-refractivity contribution in [3.05, 3.63) is 52.7 Å². The van der Waals surface area contributed by atoms with Gasteiger partial charge >= 0.3 is 0 Å². The Morgan fingerprint density at radius 2 is 2.17 bits per heavy atom. The highest BCUT2D eigenvalue weighted by Gasteiger charge is 2.40. The van der Waals surface area contributed by atoms with E-state index >= 15 is 0 Å². The summed E-state index contributed by atoms with van der Waals surface area (Å²) in [5.41, 5.74) is 3.34. The SMILES string of the molecule is C=C1NC(=O)C/C1=C\c1cnn2c(NC3CC3)cc(-c3ccc(C(=O)N4CCC(F)(F)C4)s3)nc12. The molecule has 6 rings (SSSR count). The Morgan fingerprint density at radius 1 is 1.34 bits per heavy atom. The molecular formula is C24H22F2N6O2S. The molecule has 0 bridgehead atoms. The molecular weight excluding hydrogens is 474 g/mol. The summed E-state index contributed by atoms with van der Waals surface area (Å²) in [4.78, 5) is 31.7. The lowest BCUT2D eigenvalue weighted by Gasteiger charge is -2.14. The van der Waals surface area contributed by atoms with Gasteiger partial charge in [-0.1, -0.05) is 6.58 Å². The van der Waals surface area contributed by atoms with Crippen LogP contribution in [0.1, 0.15) is 40.9 Å². The average molecular weight is 497 g/mol. The van der Waals surface area contributed by atoms with Crippen LogP contribution in [0.4, 0.5) is 14.6 Å². The van der Waals surface area contributed by atoms with Crippen molar-refractivity contribution in [3.63, 3.8) is 0 Å². The molecule has 11 heteroatoms. The van der Waals surface area contributed by atoms with E-state index in [1.165, 1.54) is 16.2 Å². The number of thiophene rings is 1. The fourth-order valence-corrected chi connectivity index (χ4v) is 5.24. The van der Waals surface area contributed by atoms with Gasteiger partial charge in [-0.05, 0) is 36.6 Å². The van der Waals surface area contributed by atoms with Crippen molar-refractivity contribution >= 4 is 40.7 Å². The molecule has 0 aromatic carbocycles. The van der Waals surface area contributed by atoms with Crippen LogP contribution in [0.2, 0.25) is 0 Å². The van der Waals surface area contributed by atoms with Gasteiger partial charge in [-0.2, -0.15) is 9.61 Å². The smallest absolute Gasteiger partial charge is 0.267 e. The zero-order chi connectivity index (χ0) is 24.3. The van der Waals surface area contributed by atoms with Gasteiger partial charge in [0.25, 0.3) is 11.8 Å². The Morgan fingerprint density at radius 3 is 2.86 bits per heavy atom. The van der Waals surface area contributed by atoms with Gasteiger partial charge in [0.15, 0.2) is 5.65 Å². The van der Waals surface area contributed by atoms with E-state index in [0.717, 1.165) is 34.7 Å². The highest BCUT2D eigenvalue weighted by Crippen LogP contribution is 2.34. The van der Waals surface area contributed by atoms with E-state index in [2.05, 4.69) is 22.3 Å². The minimum atomic E-state index is -2.83. The molecule has 0 spiro atoms. The van der Waals surface area contributed by atoms with Crippen molar-refractivity contribution in [2.24, 2.45) is 0 Å². The number of rotatable bonds is 5. The molecule has 3 fully saturated rings. The van der Waals surface area contributed by atoms with Gasteiger partial charge in [0.1, 0.15) is 5.82 Å². The summed E-state index contributed by atoms with van der Waals surface area (Å²) in [6.07, 6.45) is 5.64. The molecule has 2 amide bonds. The predicted octanol–water partition coefficient (Wildman–Crippen LogP) is 3.93. The predicted molar refractivity (Wildman–Crippen MR) is 128 cm³/mol. The summed E-state index contributed by atoms with van der Waals surface area (Å²) in [5, 5.41) is 10.7. The third-order valence-corrected chi connectivity index (χ3v) is 7.41. The number of hydrogen-bond donors (Lipinski definition) is 2. The Bertz CT molecular complexity index is 1420. The Balaban J connectivity index is 1.37. The van der Waals surface area contributed by atoms with E-state index in [-0.39, 0.29) is 31.2 Å². The molecule has 0 unspecified atom stereocenters. The van der Waals surface area contributed by atoms with Gasteiger partial charge < -0.3 is 15.5 Å². The first-order valence-electron chi connectivity index (χ1n) is 11.4. The minimum absolute atomic E-state index is 0.0508. The summed E-state index contributed by atoms with van der Waals surface area (Å²) < 4.78 is 28.9. The van der Waals surface area contributed by atoms with E-state index in [4.69, 9.17) is 4.98 Å². The largest absolute Gasteiger partial charge is 0.367 e. The van der Waals surface area contributed by atoms with Gasteiger partial charge in [-0.25, -0.2) is 13.8 Å². The number of carbonyl (C=O) groups excluding carboxylic acids is 2. The summed E-state index contributed by atoms with van der Waals surface area (Å²) in [5.74, 6) is -2.54. The second-order valence-electron chi connectivity index (χ2n) is 9.15. The molecule has 0 radical (unpaired) electrons. The molecule has 3 aliphatic rings. The number of allylic oxidation sites excluding steroid dienone is 1. The number of nitrogens with zero attached hydrogens (tertiary/aromatic N) is 4. The van der Waals surface area contributed by atoms with Gasteiger partial charge in [-0.3, -0.25) is 9.59 Å². The number of halogens is 2. The molecule has 8 nitrogen and oxygen atoms in total. The molecule has 2 N–H and O–H groups in total. The van der Waals surface area contributed by atoms with Crippen LogP contribution in [0.3, 0.4) is 0 Å². The maximum Gasteiger partial charge on any atom is 0.267 e. The fraction of sp³-hybridized carbons (Fsp3) is 0.333. The van der Waals surface area contributed by atoms with Crippen LogP contribution in [0, 0.1) is 0 Å². The zero-order valence-corrected chi connectivity index (χ0v) is 19.5. The van der Waals surface area contributed by atoms with Crippen LogP contribution in [0.15, 0.2) is 42.2 Å². The summed E-state index contributed by atoms with van der Waals surface area (Å²) >= 11 is 1.23. The molecule has 2 aliphatic heterocycles. The van der Waals surface area contributed by atoms with Gasteiger partial charge in [0, 0.05) is 36.3 Å². The first kappa shape index (κ1) is 21.9. The van der Waals surface area contributed by atoms with E-state index in [0.29, 0.717) is 28.0 Å². The molecule has 180 valence electrons. The number of aromatic nitrogens is 3. The molecule has 35 heavy (non-hydrogen) atoms. The van der Waals surface area contributed by atoms with Crippen molar-refractivity contribution in [2.45, 2.75) is 37.6 Å². The number of alkyl halides is 2. The second kappa shape index (κ2) is 7.98. The van der Waals surface area contributed by atoms with Crippen LogP contribution in [0.25, 0.3) is 22.3 Å². The number of fused-ring (bicyclic) bond motifs is 1. The fourth-order valence-electron chi connectivity index (χ4n) is 4.30. The lowest BCUT2D eigenvalue weighted by atomic mass is 10.1. The van der Waals surface area contributed by atoms with E-state index < -0.39 is 12.5 Å². The Labute approximate surface area is 203 Å². The van der Waals surface area contributed by atoms with Crippen LogP contribution in [-0.4, -0.2) is 56.4 Å². The molecule has 1 saturated carbocycles. The first-order chi connectivity index (χ1) is 16.8. The molecule has 5 heterocycles. The molecule has 3 aromatic rings. The van der Waals surface area contributed by atoms with Gasteiger partial charge in [-0.15, -0.1) is 11.3 Å². The number of hydrogen-bond acceptors (Lipinski definition) is 6. The van der Waals surface area contributed by atoms with Crippen LogP contribution >= 0.6 is 11.3 Å². The van der Waals surface area contributed by atoms with Gasteiger partial charge in [0.05, 0.1) is 34.6 Å². The number of anilines is 1. The lowest BCUT2D eigenvalue weighted by molar-refractivity contribution is -0.118. The third-order valence-electron chi connectivity index (χ3n) is 6.31. The first-order valence-corrected chi connectivity index (χ1v) is 12.2. The zero-order valence-electron chi connectivity index (χ0n) is 18.7. The third kappa shape index (κ3) is 4.20. The monoisotopic (exact) mass is 496 g/mol.